The lowest BCUT2D eigenvalue weighted by Crippen LogP contribution is -2.37. The van der Waals surface area contributed by atoms with Crippen molar-refractivity contribution in [3.8, 4) is 5.75 Å². The van der Waals surface area contributed by atoms with Crippen molar-refractivity contribution in [2.45, 2.75) is 6.92 Å². The summed E-state index contributed by atoms with van der Waals surface area (Å²) in [5.74, 6) is -0.224. The minimum Gasteiger partial charge on any atom is -0.483 e. The second-order valence-electron chi connectivity index (χ2n) is 4.22. The van der Waals surface area contributed by atoms with Crippen molar-refractivity contribution < 1.29 is 19.2 Å². The molecule has 1 aliphatic heterocycles. The number of nitro groups is 1. The van der Waals surface area contributed by atoms with Gasteiger partial charge >= 0.3 is 6.03 Å². The summed E-state index contributed by atoms with van der Waals surface area (Å²) in [5, 5.41) is 13.3. The third-order valence-corrected chi connectivity index (χ3v) is 2.96. The van der Waals surface area contributed by atoms with E-state index < -0.39 is 16.9 Å². The van der Waals surface area contributed by atoms with E-state index >= 15 is 0 Å². The molecule has 1 N–H and O–H groups in total. The Morgan fingerprint density at radius 1 is 1.55 bits per heavy atom. The number of hydrogen-bond acceptors (Lipinski definition) is 5. The Bertz CT molecular complexity index is 572. The van der Waals surface area contributed by atoms with Gasteiger partial charge in [-0.2, -0.15) is 0 Å². The number of nitro benzene ring substituents is 1. The average Bonchev–Trinajstić information content (AvgIpc) is 2.83. The molecule has 1 saturated heterocycles. The molecule has 106 valence electrons. The van der Waals surface area contributed by atoms with Crippen LogP contribution in [-0.2, 0) is 4.79 Å². The monoisotopic (exact) mass is 279 g/mol. The Labute approximate surface area is 114 Å². The molecule has 0 unspecified atom stereocenters. The molecule has 1 heterocycles. The number of nitrogens with one attached hydrogen (secondary N) is 1. The fourth-order valence-electron chi connectivity index (χ4n) is 1.88. The number of amides is 3. The molecule has 0 bridgehead atoms. The largest absolute Gasteiger partial charge is 0.483 e. The lowest BCUT2D eigenvalue weighted by atomic mass is 10.2. The molecular weight excluding hydrogens is 266 g/mol. The summed E-state index contributed by atoms with van der Waals surface area (Å²) in [6, 6.07) is 3.93. The Kier molecular flexibility index (Phi) is 3.83. The van der Waals surface area contributed by atoms with Gasteiger partial charge in [0.05, 0.1) is 10.5 Å². The second-order valence-corrected chi connectivity index (χ2v) is 4.22. The summed E-state index contributed by atoms with van der Waals surface area (Å²) in [5.41, 5.74) is 0.269. The summed E-state index contributed by atoms with van der Waals surface area (Å²) in [4.78, 5) is 34.4. The molecule has 20 heavy (non-hydrogen) atoms. The standard InChI is InChI=1S/C12H13N3O5/c1-8-9(15(18)19)3-2-4-10(8)20-7-11(16)14-6-5-13-12(14)17/h2-4H,5-7H2,1H3,(H,13,17). The molecule has 3 amide bonds. The summed E-state index contributed by atoms with van der Waals surface area (Å²) in [7, 11) is 0. The first-order chi connectivity index (χ1) is 9.50. The van der Waals surface area contributed by atoms with E-state index in [0.717, 1.165) is 4.90 Å². The molecule has 0 aromatic heterocycles. The van der Waals surface area contributed by atoms with Crippen molar-refractivity contribution in [3.05, 3.63) is 33.9 Å². The molecule has 0 saturated carbocycles. The van der Waals surface area contributed by atoms with Gasteiger partial charge in [0.25, 0.3) is 11.6 Å². The van der Waals surface area contributed by atoms with E-state index in [-0.39, 0.29) is 18.0 Å². The predicted molar refractivity (Wildman–Crippen MR) is 68.4 cm³/mol. The minimum atomic E-state index is -0.516. The summed E-state index contributed by atoms with van der Waals surface area (Å²) in [6.07, 6.45) is 0. The Balaban J connectivity index is 2.04. The van der Waals surface area contributed by atoms with Crippen LogP contribution >= 0.6 is 0 Å². The van der Waals surface area contributed by atoms with Gasteiger partial charge in [-0.15, -0.1) is 0 Å². The van der Waals surface area contributed by atoms with Crippen LogP contribution in [0.4, 0.5) is 10.5 Å². The maximum atomic E-state index is 11.8. The van der Waals surface area contributed by atoms with Gasteiger partial charge in [-0.05, 0) is 13.0 Å². The van der Waals surface area contributed by atoms with Crippen molar-refractivity contribution in [2.24, 2.45) is 0 Å². The van der Waals surface area contributed by atoms with E-state index in [1.807, 2.05) is 0 Å². The zero-order chi connectivity index (χ0) is 14.7. The first kappa shape index (κ1) is 13.8. The van der Waals surface area contributed by atoms with Crippen molar-refractivity contribution in [1.29, 1.82) is 0 Å². The smallest absolute Gasteiger partial charge is 0.324 e. The van der Waals surface area contributed by atoms with E-state index in [9.17, 15) is 19.7 Å². The van der Waals surface area contributed by atoms with Crippen molar-refractivity contribution in [3.63, 3.8) is 0 Å². The van der Waals surface area contributed by atoms with Crippen LogP contribution < -0.4 is 10.1 Å². The molecule has 0 aliphatic carbocycles. The molecule has 0 radical (unpaired) electrons. The Morgan fingerprint density at radius 3 is 2.90 bits per heavy atom. The number of urea groups is 1. The molecule has 1 aliphatic rings. The zero-order valence-corrected chi connectivity index (χ0v) is 10.8. The second kappa shape index (κ2) is 5.55. The number of benzene rings is 1. The maximum absolute atomic E-state index is 11.8. The molecular formula is C12H13N3O5. The SMILES string of the molecule is Cc1c(OCC(=O)N2CCNC2=O)cccc1[N+](=O)[O-]. The normalized spacial score (nSPS) is 14.1. The third-order valence-electron chi connectivity index (χ3n) is 2.96. The molecule has 1 aromatic carbocycles. The van der Waals surface area contributed by atoms with E-state index in [0.29, 0.717) is 18.7 Å². The molecule has 0 atom stereocenters. The lowest BCUT2D eigenvalue weighted by Gasteiger charge is -2.13. The van der Waals surface area contributed by atoms with Crippen LogP contribution in [0, 0.1) is 17.0 Å². The third kappa shape index (κ3) is 2.68. The van der Waals surface area contributed by atoms with Crippen LogP contribution in [0.15, 0.2) is 18.2 Å². The lowest BCUT2D eigenvalue weighted by molar-refractivity contribution is -0.385. The van der Waals surface area contributed by atoms with Gasteiger partial charge in [0.1, 0.15) is 5.75 Å². The number of imide groups is 1. The van der Waals surface area contributed by atoms with Gasteiger partial charge in [-0.3, -0.25) is 19.8 Å². The summed E-state index contributed by atoms with van der Waals surface area (Å²) in [6.45, 7) is 1.92. The highest BCUT2D eigenvalue weighted by atomic mass is 16.6. The van der Waals surface area contributed by atoms with E-state index in [4.69, 9.17) is 4.74 Å². The molecule has 1 aromatic rings. The van der Waals surface area contributed by atoms with Crippen LogP contribution in [0.2, 0.25) is 0 Å². The van der Waals surface area contributed by atoms with E-state index in [1.54, 1.807) is 13.0 Å². The number of nitrogens with zero attached hydrogens (tertiary/aromatic N) is 2. The van der Waals surface area contributed by atoms with Gasteiger partial charge in [0, 0.05) is 19.2 Å². The van der Waals surface area contributed by atoms with Crippen LogP contribution in [0.25, 0.3) is 0 Å². The topological polar surface area (TPSA) is 102 Å². The Hall–Kier alpha value is -2.64. The van der Waals surface area contributed by atoms with E-state index in [2.05, 4.69) is 5.32 Å². The highest BCUT2D eigenvalue weighted by molar-refractivity contribution is 5.96. The first-order valence-corrected chi connectivity index (χ1v) is 5.95. The number of hydrogen-bond donors (Lipinski definition) is 1. The Morgan fingerprint density at radius 2 is 2.30 bits per heavy atom. The van der Waals surface area contributed by atoms with Crippen LogP contribution in [0.5, 0.6) is 5.75 Å². The van der Waals surface area contributed by atoms with Crippen molar-refractivity contribution in [2.75, 3.05) is 19.7 Å². The maximum Gasteiger partial charge on any atom is 0.324 e. The number of carbonyl (C=O) groups excluding carboxylic acids is 2. The highest BCUT2D eigenvalue weighted by Crippen LogP contribution is 2.26. The van der Waals surface area contributed by atoms with Crippen LogP contribution in [0.1, 0.15) is 5.56 Å². The molecule has 1 fully saturated rings. The van der Waals surface area contributed by atoms with Crippen molar-refractivity contribution >= 4 is 17.6 Å². The number of carbonyl (C=O) groups is 2. The van der Waals surface area contributed by atoms with Gasteiger partial charge in [0.2, 0.25) is 0 Å². The van der Waals surface area contributed by atoms with E-state index in [1.165, 1.54) is 12.1 Å². The fourth-order valence-corrected chi connectivity index (χ4v) is 1.88. The van der Waals surface area contributed by atoms with Gasteiger partial charge in [-0.25, -0.2) is 4.79 Å². The van der Waals surface area contributed by atoms with Crippen LogP contribution in [-0.4, -0.2) is 41.5 Å². The summed E-state index contributed by atoms with van der Waals surface area (Å²) >= 11 is 0. The highest BCUT2D eigenvalue weighted by Gasteiger charge is 2.26. The number of ether oxygens (including phenoxy) is 1. The summed E-state index contributed by atoms with van der Waals surface area (Å²) < 4.78 is 5.27. The van der Waals surface area contributed by atoms with Gasteiger partial charge in [0.15, 0.2) is 6.61 Å². The molecule has 8 heteroatoms. The molecule has 2 rings (SSSR count). The average molecular weight is 279 g/mol. The quantitative estimate of drug-likeness (QED) is 0.649. The van der Waals surface area contributed by atoms with Crippen LogP contribution in [0.3, 0.4) is 0 Å². The van der Waals surface area contributed by atoms with Gasteiger partial charge < -0.3 is 10.1 Å². The first-order valence-electron chi connectivity index (χ1n) is 5.95. The van der Waals surface area contributed by atoms with Gasteiger partial charge in [-0.1, -0.05) is 6.07 Å². The minimum absolute atomic E-state index is 0.0751. The molecule has 8 nitrogen and oxygen atoms in total. The predicted octanol–water partition coefficient (Wildman–Crippen LogP) is 0.834. The van der Waals surface area contributed by atoms with Crippen molar-refractivity contribution in [1.82, 2.24) is 10.2 Å². The number of rotatable bonds is 4. The fraction of sp³-hybridized carbons (Fsp3) is 0.333. The zero-order valence-electron chi connectivity index (χ0n) is 10.8. The molecule has 0 spiro atoms.